The van der Waals surface area contributed by atoms with Gasteiger partial charge in [-0.15, -0.1) is 0 Å². The monoisotopic (exact) mass is 416 g/mol. The van der Waals surface area contributed by atoms with E-state index in [1.165, 1.54) is 25.3 Å². The number of rotatable bonds is 6. The maximum atomic E-state index is 14.0. The largest absolute Gasteiger partial charge is 0.465 e. The zero-order valence-electron chi connectivity index (χ0n) is 17.1. The molecule has 2 N–H and O–H groups in total. The topological polar surface area (TPSA) is 66.0 Å². The molecule has 0 spiro atoms. The fraction of sp³-hybridized carbons (Fsp3) is 0.364. The molecule has 0 amide bonds. The van der Waals surface area contributed by atoms with Crippen molar-refractivity contribution in [1.29, 1.82) is 0 Å². The normalized spacial score (nSPS) is 16.5. The van der Waals surface area contributed by atoms with E-state index in [1.54, 1.807) is 24.1 Å². The average molecular weight is 416 g/mol. The van der Waals surface area contributed by atoms with Crippen LogP contribution in [0.4, 0.5) is 14.5 Å². The van der Waals surface area contributed by atoms with Crippen LogP contribution in [0.2, 0.25) is 0 Å². The van der Waals surface area contributed by atoms with Crippen LogP contribution < -0.4 is 15.5 Å². The highest BCUT2D eigenvalue weighted by Gasteiger charge is 2.27. The van der Waals surface area contributed by atoms with Gasteiger partial charge < -0.3 is 20.3 Å². The molecule has 1 fully saturated rings. The second kappa shape index (κ2) is 10.0. The van der Waals surface area contributed by atoms with Gasteiger partial charge in [0.1, 0.15) is 17.3 Å². The molecular weight excluding hydrogens is 390 g/mol. The van der Waals surface area contributed by atoms with Crippen molar-refractivity contribution in [3.05, 3.63) is 65.2 Å². The van der Waals surface area contributed by atoms with Crippen molar-refractivity contribution in [2.45, 2.75) is 18.9 Å². The predicted molar refractivity (Wildman–Crippen MR) is 113 cm³/mol. The van der Waals surface area contributed by atoms with Gasteiger partial charge in [0.25, 0.3) is 0 Å². The summed E-state index contributed by atoms with van der Waals surface area (Å²) in [5, 5.41) is 6.56. The highest BCUT2D eigenvalue weighted by atomic mass is 19.1. The van der Waals surface area contributed by atoms with Gasteiger partial charge in [0.2, 0.25) is 0 Å². The number of para-hydroxylation sites is 1. The number of guanidine groups is 1. The number of nitrogens with zero attached hydrogens (tertiary/aromatic N) is 2. The zero-order chi connectivity index (χ0) is 21.5. The molecule has 1 atom stereocenters. The second-order valence-electron chi connectivity index (χ2n) is 7.08. The first-order valence-electron chi connectivity index (χ1n) is 9.85. The van der Waals surface area contributed by atoms with Crippen molar-refractivity contribution in [3.8, 4) is 0 Å². The molecular formula is C22H26F2N4O2. The number of nitrogens with one attached hydrogen (secondary N) is 2. The minimum atomic E-state index is -0.545. The molecule has 3 rings (SSSR count). The van der Waals surface area contributed by atoms with Gasteiger partial charge in [0.15, 0.2) is 5.96 Å². The van der Waals surface area contributed by atoms with E-state index in [-0.39, 0.29) is 17.7 Å². The Hall–Kier alpha value is -3.16. The second-order valence-corrected chi connectivity index (χ2v) is 7.08. The van der Waals surface area contributed by atoms with Gasteiger partial charge in [-0.25, -0.2) is 13.6 Å². The van der Waals surface area contributed by atoms with Crippen LogP contribution in [0, 0.1) is 11.6 Å². The summed E-state index contributed by atoms with van der Waals surface area (Å²) in [7, 11) is 3.04. The number of benzene rings is 2. The maximum Gasteiger partial charge on any atom is 0.337 e. The van der Waals surface area contributed by atoms with E-state index >= 15 is 0 Å². The van der Waals surface area contributed by atoms with Gasteiger partial charge in [-0.3, -0.25) is 4.99 Å². The lowest BCUT2D eigenvalue weighted by Crippen LogP contribution is -2.45. The van der Waals surface area contributed by atoms with Crippen molar-refractivity contribution in [2.75, 3.05) is 38.7 Å². The number of halogens is 2. The molecule has 160 valence electrons. The van der Waals surface area contributed by atoms with Gasteiger partial charge in [-0.05, 0) is 42.7 Å². The molecule has 2 aromatic carbocycles. The van der Waals surface area contributed by atoms with Crippen LogP contribution in [0.1, 0.15) is 22.3 Å². The molecule has 1 aliphatic heterocycles. The number of methoxy groups -OCH3 is 1. The number of aliphatic imine (C=N–C) groups is 1. The fourth-order valence-electron chi connectivity index (χ4n) is 3.51. The summed E-state index contributed by atoms with van der Waals surface area (Å²) in [6, 6.07) is 11.2. The summed E-state index contributed by atoms with van der Waals surface area (Å²) < 4.78 is 32.7. The molecule has 1 aliphatic rings. The Morgan fingerprint density at radius 3 is 2.53 bits per heavy atom. The van der Waals surface area contributed by atoms with Crippen LogP contribution in [0.15, 0.2) is 47.5 Å². The van der Waals surface area contributed by atoms with Crippen molar-refractivity contribution in [2.24, 2.45) is 4.99 Å². The summed E-state index contributed by atoms with van der Waals surface area (Å²) >= 11 is 0. The first-order chi connectivity index (χ1) is 14.5. The molecule has 0 bridgehead atoms. The third kappa shape index (κ3) is 5.25. The van der Waals surface area contributed by atoms with Gasteiger partial charge >= 0.3 is 5.97 Å². The summed E-state index contributed by atoms with van der Waals surface area (Å²) in [5.41, 5.74) is 1.62. The molecule has 1 saturated heterocycles. The Kier molecular flexibility index (Phi) is 7.21. The van der Waals surface area contributed by atoms with Crippen LogP contribution in [-0.2, 0) is 11.2 Å². The Labute approximate surface area is 174 Å². The lowest BCUT2D eigenvalue weighted by molar-refractivity contribution is 0.0600. The summed E-state index contributed by atoms with van der Waals surface area (Å²) in [6.07, 6.45) is 1.50. The Bertz CT molecular complexity index is 882. The van der Waals surface area contributed by atoms with Crippen molar-refractivity contribution < 1.29 is 18.3 Å². The number of hydrogen-bond donors (Lipinski definition) is 2. The number of anilines is 1. The number of esters is 1. The number of carbonyl (C=O) groups excluding carboxylic acids is 1. The summed E-state index contributed by atoms with van der Waals surface area (Å²) in [6.45, 7) is 1.71. The number of carbonyl (C=O) groups is 1. The van der Waals surface area contributed by atoms with E-state index in [0.717, 1.165) is 18.4 Å². The first-order valence-corrected chi connectivity index (χ1v) is 9.85. The van der Waals surface area contributed by atoms with E-state index in [0.29, 0.717) is 31.2 Å². The molecule has 6 nitrogen and oxygen atoms in total. The molecule has 8 heteroatoms. The highest BCUT2D eigenvalue weighted by molar-refractivity contribution is 5.89. The first kappa shape index (κ1) is 21.5. The number of ether oxygens (including phenoxy) is 1. The minimum Gasteiger partial charge on any atom is -0.465 e. The summed E-state index contributed by atoms with van der Waals surface area (Å²) in [5.74, 6) is -0.806. The lowest BCUT2D eigenvalue weighted by atomic mass is 10.1. The SMILES string of the molecule is CN=C(NCCc1ccc(C(=O)OC)cc1)NC1CCN(c2c(F)cccc2F)C1. The molecule has 1 heterocycles. The average Bonchev–Trinajstić information content (AvgIpc) is 3.20. The molecule has 0 aromatic heterocycles. The van der Waals surface area contributed by atoms with E-state index in [9.17, 15) is 13.6 Å². The van der Waals surface area contributed by atoms with E-state index in [1.807, 2.05) is 12.1 Å². The van der Waals surface area contributed by atoms with E-state index < -0.39 is 11.6 Å². The van der Waals surface area contributed by atoms with Crippen LogP contribution in [0.25, 0.3) is 0 Å². The molecule has 0 radical (unpaired) electrons. The third-order valence-electron chi connectivity index (χ3n) is 5.09. The quantitative estimate of drug-likeness (QED) is 0.431. The Morgan fingerprint density at radius 1 is 1.20 bits per heavy atom. The van der Waals surface area contributed by atoms with Crippen LogP contribution in [-0.4, -0.2) is 51.8 Å². The van der Waals surface area contributed by atoms with E-state index in [2.05, 4.69) is 15.6 Å². The van der Waals surface area contributed by atoms with E-state index in [4.69, 9.17) is 4.74 Å². The smallest absolute Gasteiger partial charge is 0.337 e. The minimum absolute atomic E-state index is 0.0279. The molecule has 0 aliphatic carbocycles. The van der Waals surface area contributed by atoms with Crippen molar-refractivity contribution >= 4 is 17.6 Å². The Morgan fingerprint density at radius 2 is 1.90 bits per heavy atom. The lowest BCUT2D eigenvalue weighted by Gasteiger charge is -2.21. The predicted octanol–water partition coefficient (Wildman–Crippen LogP) is 2.74. The Balaban J connectivity index is 1.48. The molecule has 2 aromatic rings. The van der Waals surface area contributed by atoms with Gasteiger partial charge in [-0.1, -0.05) is 18.2 Å². The standard InChI is InChI=1S/C22H26F2N4O2/c1-25-22(26-12-10-15-6-8-16(9-7-15)21(29)30-2)27-17-11-13-28(14-17)20-18(23)4-3-5-19(20)24/h3-9,17H,10-14H2,1-2H3,(H2,25,26,27). The fourth-order valence-corrected chi connectivity index (χ4v) is 3.51. The number of hydrogen-bond acceptors (Lipinski definition) is 4. The van der Waals surface area contributed by atoms with Gasteiger partial charge in [0, 0.05) is 32.7 Å². The zero-order valence-corrected chi connectivity index (χ0v) is 17.1. The highest BCUT2D eigenvalue weighted by Crippen LogP contribution is 2.26. The van der Waals surface area contributed by atoms with Gasteiger partial charge in [-0.2, -0.15) is 0 Å². The van der Waals surface area contributed by atoms with Crippen molar-refractivity contribution in [3.63, 3.8) is 0 Å². The van der Waals surface area contributed by atoms with Crippen LogP contribution in [0.3, 0.4) is 0 Å². The molecule has 0 saturated carbocycles. The van der Waals surface area contributed by atoms with Crippen LogP contribution in [0.5, 0.6) is 0 Å². The molecule has 30 heavy (non-hydrogen) atoms. The van der Waals surface area contributed by atoms with Crippen LogP contribution >= 0.6 is 0 Å². The van der Waals surface area contributed by atoms with Gasteiger partial charge in [0.05, 0.1) is 12.7 Å². The van der Waals surface area contributed by atoms with Crippen molar-refractivity contribution in [1.82, 2.24) is 10.6 Å². The summed E-state index contributed by atoms with van der Waals surface area (Å²) in [4.78, 5) is 17.4. The molecule has 1 unspecified atom stereocenters. The maximum absolute atomic E-state index is 14.0. The third-order valence-corrected chi connectivity index (χ3v) is 5.09.